The van der Waals surface area contributed by atoms with Crippen molar-refractivity contribution in [2.75, 3.05) is 13.2 Å². The maximum atomic E-state index is 13.2. The second-order valence-electron chi connectivity index (χ2n) is 8.72. The Hall–Kier alpha value is -2.38. The number of benzene rings is 1. The smallest absolute Gasteiger partial charge is 0.261 e. The predicted octanol–water partition coefficient (Wildman–Crippen LogP) is 3.53. The van der Waals surface area contributed by atoms with Gasteiger partial charge in [-0.05, 0) is 49.8 Å². The summed E-state index contributed by atoms with van der Waals surface area (Å²) in [5.41, 5.74) is -1.11. The van der Waals surface area contributed by atoms with E-state index < -0.39 is 17.7 Å². The third-order valence-electron chi connectivity index (χ3n) is 6.46. The number of ether oxygens (including phenoxy) is 1. The minimum absolute atomic E-state index is 0.00715. The van der Waals surface area contributed by atoms with Crippen LogP contribution in [-0.2, 0) is 9.59 Å². The van der Waals surface area contributed by atoms with Gasteiger partial charge in [-0.1, -0.05) is 37.1 Å². The van der Waals surface area contributed by atoms with E-state index in [0.29, 0.717) is 18.7 Å². The number of carbonyl (C=O) groups is 2. The number of hydrogen-bond acceptors (Lipinski definition) is 5. The van der Waals surface area contributed by atoms with E-state index in [-0.39, 0.29) is 24.3 Å². The minimum atomic E-state index is -1.11. The first-order valence-corrected chi connectivity index (χ1v) is 11.9. The van der Waals surface area contributed by atoms with Crippen molar-refractivity contribution in [3.05, 3.63) is 52.7 Å². The second kappa shape index (κ2) is 9.40. The summed E-state index contributed by atoms with van der Waals surface area (Å²) in [5, 5.41) is 16.3. The molecule has 2 aliphatic rings. The van der Waals surface area contributed by atoms with Crippen LogP contribution < -0.4 is 10.1 Å². The zero-order valence-electron chi connectivity index (χ0n) is 17.8. The van der Waals surface area contributed by atoms with E-state index in [4.69, 9.17) is 4.74 Å². The molecule has 31 heavy (non-hydrogen) atoms. The van der Waals surface area contributed by atoms with E-state index in [1.54, 1.807) is 11.8 Å². The Bertz CT molecular complexity index is 878. The van der Waals surface area contributed by atoms with Crippen molar-refractivity contribution in [2.24, 2.45) is 5.92 Å². The van der Waals surface area contributed by atoms with Crippen LogP contribution in [0, 0.1) is 5.92 Å². The van der Waals surface area contributed by atoms with Crippen molar-refractivity contribution in [2.45, 2.75) is 56.7 Å². The fraction of sp³-hybridized carbons (Fsp3) is 0.500. The average molecular weight is 443 g/mol. The summed E-state index contributed by atoms with van der Waals surface area (Å²) in [4.78, 5) is 28.8. The molecule has 1 saturated carbocycles. The molecule has 3 atom stereocenters. The Morgan fingerprint density at radius 1 is 1.19 bits per heavy atom. The molecule has 1 aliphatic carbocycles. The summed E-state index contributed by atoms with van der Waals surface area (Å²) in [5.74, 6) is 0.461. The molecule has 4 rings (SSSR count). The Kier molecular flexibility index (Phi) is 6.62. The summed E-state index contributed by atoms with van der Waals surface area (Å²) in [7, 11) is 0. The summed E-state index contributed by atoms with van der Waals surface area (Å²) in [6.45, 7) is 2.08. The lowest BCUT2D eigenvalue weighted by atomic mass is 9.81. The fourth-order valence-electron chi connectivity index (χ4n) is 4.66. The molecule has 6 nitrogen and oxygen atoms in total. The third kappa shape index (κ3) is 4.93. The molecule has 2 aromatic rings. The van der Waals surface area contributed by atoms with Gasteiger partial charge >= 0.3 is 0 Å². The van der Waals surface area contributed by atoms with E-state index in [2.05, 4.69) is 5.32 Å². The molecule has 166 valence electrons. The molecule has 2 N–H and O–H groups in total. The van der Waals surface area contributed by atoms with Crippen LogP contribution in [0.1, 0.15) is 49.9 Å². The van der Waals surface area contributed by atoms with Crippen LogP contribution in [0.4, 0.5) is 0 Å². The summed E-state index contributed by atoms with van der Waals surface area (Å²) in [6.07, 6.45) is 4.29. The van der Waals surface area contributed by atoms with Crippen molar-refractivity contribution in [1.82, 2.24) is 10.2 Å². The summed E-state index contributed by atoms with van der Waals surface area (Å²) in [6, 6.07) is 12.1. The topological polar surface area (TPSA) is 78.9 Å². The van der Waals surface area contributed by atoms with Crippen LogP contribution in [-0.4, -0.2) is 46.6 Å². The molecule has 0 radical (unpaired) electrons. The predicted molar refractivity (Wildman–Crippen MR) is 120 cm³/mol. The molecular weight excluding hydrogens is 412 g/mol. The van der Waals surface area contributed by atoms with E-state index in [9.17, 15) is 14.7 Å². The van der Waals surface area contributed by atoms with E-state index in [1.165, 1.54) is 11.3 Å². The van der Waals surface area contributed by atoms with Gasteiger partial charge in [0.1, 0.15) is 5.75 Å². The summed E-state index contributed by atoms with van der Waals surface area (Å²) >= 11 is 1.53. The van der Waals surface area contributed by atoms with Gasteiger partial charge in [0.2, 0.25) is 5.91 Å². The lowest BCUT2D eigenvalue weighted by Crippen LogP contribution is -2.64. The Balaban J connectivity index is 1.56. The molecular formula is C24H30N2O4S. The molecule has 2 heterocycles. The number of para-hydroxylation sites is 1. The van der Waals surface area contributed by atoms with Crippen LogP contribution in [0.15, 0.2) is 47.8 Å². The molecule has 1 aromatic carbocycles. The first-order valence-electron chi connectivity index (χ1n) is 11.0. The zero-order chi connectivity index (χ0) is 21.8. The number of hydrogen-bond donors (Lipinski definition) is 2. The summed E-state index contributed by atoms with van der Waals surface area (Å²) < 4.78 is 5.70. The number of thiophene rings is 1. The van der Waals surface area contributed by atoms with Gasteiger partial charge in [-0.2, -0.15) is 0 Å². The molecule has 2 amide bonds. The van der Waals surface area contributed by atoms with E-state index in [0.717, 1.165) is 30.6 Å². The van der Waals surface area contributed by atoms with E-state index in [1.807, 2.05) is 47.8 Å². The van der Waals surface area contributed by atoms with Gasteiger partial charge in [-0.25, -0.2) is 0 Å². The fourth-order valence-corrected chi connectivity index (χ4v) is 5.53. The number of rotatable bonds is 6. The first-order chi connectivity index (χ1) is 15.0. The molecule has 1 aliphatic heterocycles. The molecule has 0 unspecified atom stereocenters. The average Bonchev–Trinajstić information content (AvgIpc) is 3.48. The molecule has 0 spiro atoms. The third-order valence-corrected chi connectivity index (χ3v) is 7.41. The quantitative estimate of drug-likeness (QED) is 0.717. The van der Waals surface area contributed by atoms with Crippen LogP contribution in [0.5, 0.6) is 5.75 Å². The standard InChI is InChI=1S/C24H30N2O4S/c1-24(29)13-14-26(20(27)16-30-18-10-3-2-4-11-18)21(19-12-7-15-31-19)22(24)25-23(28)17-8-5-6-9-17/h2-4,7,10-12,15,17,21-22,29H,5-6,8-9,13-14,16H2,1H3,(H,25,28)/t21-,22-,24+/m0/s1. The highest BCUT2D eigenvalue weighted by Crippen LogP contribution is 2.39. The van der Waals surface area contributed by atoms with Gasteiger partial charge in [0.25, 0.3) is 5.91 Å². The highest BCUT2D eigenvalue weighted by Gasteiger charge is 2.48. The molecule has 7 heteroatoms. The van der Waals surface area contributed by atoms with Crippen molar-refractivity contribution in [1.29, 1.82) is 0 Å². The number of carbonyl (C=O) groups excluding carboxylic acids is 2. The van der Waals surface area contributed by atoms with Gasteiger partial charge in [-0.15, -0.1) is 11.3 Å². The number of nitrogens with one attached hydrogen (secondary N) is 1. The van der Waals surface area contributed by atoms with Gasteiger partial charge < -0.3 is 20.1 Å². The number of amides is 2. The molecule has 2 fully saturated rings. The number of nitrogens with zero attached hydrogens (tertiary/aromatic N) is 1. The SMILES string of the molecule is C[C@@]1(O)CCN(C(=O)COc2ccccc2)[C@@H](c2cccs2)[C@@H]1NC(=O)C1CCCC1. The van der Waals surface area contributed by atoms with Gasteiger partial charge in [-0.3, -0.25) is 9.59 Å². The van der Waals surface area contributed by atoms with Crippen LogP contribution in [0.2, 0.25) is 0 Å². The minimum Gasteiger partial charge on any atom is -0.484 e. The van der Waals surface area contributed by atoms with Gasteiger partial charge in [0, 0.05) is 17.3 Å². The van der Waals surface area contributed by atoms with Crippen molar-refractivity contribution in [3.8, 4) is 5.75 Å². The maximum Gasteiger partial charge on any atom is 0.261 e. The van der Waals surface area contributed by atoms with E-state index >= 15 is 0 Å². The number of likely N-dealkylation sites (tertiary alicyclic amines) is 1. The second-order valence-corrected chi connectivity index (χ2v) is 9.70. The van der Waals surface area contributed by atoms with Crippen molar-refractivity contribution in [3.63, 3.8) is 0 Å². The number of aliphatic hydroxyl groups is 1. The largest absolute Gasteiger partial charge is 0.484 e. The van der Waals surface area contributed by atoms with Crippen molar-refractivity contribution < 1.29 is 19.4 Å². The normalized spacial score (nSPS) is 26.6. The monoisotopic (exact) mass is 442 g/mol. The molecule has 1 saturated heterocycles. The van der Waals surface area contributed by atoms with Crippen molar-refractivity contribution >= 4 is 23.2 Å². The van der Waals surface area contributed by atoms with Crippen LogP contribution >= 0.6 is 11.3 Å². The van der Waals surface area contributed by atoms with Crippen LogP contribution in [0.25, 0.3) is 0 Å². The Labute approximate surface area is 187 Å². The van der Waals surface area contributed by atoms with Gasteiger partial charge in [0.05, 0.1) is 17.7 Å². The Morgan fingerprint density at radius 2 is 1.94 bits per heavy atom. The first kappa shape index (κ1) is 21.8. The lowest BCUT2D eigenvalue weighted by Gasteiger charge is -2.48. The number of piperidine rings is 1. The Morgan fingerprint density at radius 3 is 2.61 bits per heavy atom. The lowest BCUT2D eigenvalue weighted by molar-refractivity contribution is -0.148. The highest BCUT2D eigenvalue weighted by atomic mass is 32.1. The molecule has 0 bridgehead atoms. The zero-order valence-corrected chi connectivity index (χ0v) is 18.6. The van der Waals surface area contributed by atoms with Crippen LogP contribution in [0.3, 0.4) is 0 Å². The highest BCUT2D eigenvalue weighted by molar-refractivity contribution is 7.10. The van der Waals surface area contributed by atoms with Gasteiger partial charge in [0.15, 0.2) is 6.61 Å². The maximum absolute atomic E-state index is 13.2. The molecule has 1 aromatic heterocycles.